The van der Waals surface area contributed by atoms with Crippen molar-refractivity contribution >= 4 is 0 Å². The first-order valence-electron chi connectivity index (χ1n) is 9.86. The molecule has 0 atom stereocenters. The van der Waals surface area contributed by atoms with Gasteiger partial charge in [-0.05, 0) is 25.7 Å². The Bertz CT molecular complexity index is 285. The third-order valence-corrected chi connectivity index (χ3v) is 6.63. The minimum Gasteiger partial charge on any atom is -1.00 e. The van der Waals surface area contributed by atoms with Gasteiger partial charge in [0.1, 0.15) is 0 Å². The van der Waals surface area contributed by atoms with E-state index in [4.69, 9.17) is 0 Å². The van der Waals surface area contributed by atoms with Gasteiger partial charge in [0.05, 0.1) is 26.7 Å². The summed E-state index contributed by atoms with van der Waals surface area (Å²) in [6, 6.07) is 1.85. The Balaban J connectivity index is 0.00000176. The lowest BCUT2D eigenvalue weighted by Gasteiger charge is -2.43. The molecule has 0 radical (unpaired) electrons. The summed E-state index contributed by atoms with van der Waals surface area (Å²) in [5, 5.41) is 0. The van der Waals surface area contributed by atoms with Crippen LogP contribution >= 0.6 is 0 Å². The largest absolute Gasteiger partial charge is 1.00 e. The summed E-state index contributed by atoms with van der Waals surface area (Å²) in [6.07, 6.45) is 17.8. The minimum atomic E-state index is 0. The maximum atomic E-state index is 3.00. The smallest absolute Gasteiger partial charge is 0.0914 e. The second-order valence-electron chi connectivity index (χ2n) is 8.32. The van der Waals surface area contributed by atoms with Gasteiger partial charge >= 0.3 is 0 Å². The Hall–Kier alpha value is 0.400. The van der Waals surface area contributed by atoms with Crippen LogP contribution < -0.4 is 17.0 Å². The fourth-order valence-electron chi connectivity index (χ4n) is 5.17. The number of rotatable bonds is 5. The molecule has 3 heteroatoms. The van der Waals surface area contributed by atoms with Crippen LogP contribution in [0.2, 0.25) is 0 Å². The standard InChI is InChI=1S/C19H37N2.BrH/c1-21(15-8-9-16-21)17-14-20(18-10-4-2-5-11-18)19-12-6-3-7-13-19;/h18-19H,2-17H2,1H3;1H/q+1;/p-1. The summed E-state index contributed by atoms with van der Waals surface area (Å²) >= 11 is 0. The molecule has 0 aromatic rings. The third-order valence-electron chi connectivity index (χ3n) is 6.63. The second-order valence-corrected chi connectivity index (χ2v) is 8.32. The highest BCUT2D eigenvalue weighted by Crippen LogP contribution is 2.30. The van der Waals surface area contributed by atoms with Gasteiger partial charge in [-0.15, -0.1) is 0 Å². The molecule has 3 rings (SSSR count). The van der Waals surface area contributed by atoms with Crippen LogP contribution in [-0.2, 0) is 0 Å². The maximum Gasteiger partial charge on any atom is 0.0914 e. The molecular formula is C19H37BrN2. The van der Waals surface area contributed by atoms with Crippen molar-refractivity contribution in [1.29, 1.82) is 0 Å². The van der Waals surface area contributed by atoms with Crippen molar-refractivity contribution < 1.29 is 21.5 Å². The van der Waals surface area contributed by atoms with Crippen molar-refractivity contribution in [2.75, 3.05) is 33.2 Å². The Kier molecular flexibility index (Phi) is 7.69. The summed E-state index contributed by atoms with van der Waals surface area (Å²) in [5.74, 6) is 0. The summed E-state index contributed by atoms with van der Waals surface area (Å²) in [7, 11) is 2.51. The average Bonchev–Trinajstić information content (AvgIpc) is 2.97. The van der Waals surface area contributed by atoms with Gasteiger partial charge in [-0.2, -0.15) is 0 Å². The van der Waals surface area contributed by atoms with Gasteiger partial charge in [-0.3, -0.25) is 4.90 Å². The first-order valence-corrected chi connectivity index (χ1v) is 9.86. The quantitative estimate of drug-likeness (QED) is 0.655. The molecule has 0 spiro atoms. The van der Waals surface area contributed by atoms with Crippen molar-refractivity contribution in [2.24, 2.45) is 0 Å². The van der Waals surface area contributed by atoms with Crippen molar-refractivity contribution in [1.82, 2.24) is 4.90 Å². The molecule has 1 aliphatic heterocycles. The Morgan fingerprint density at radius 1 is 0.727 bits per heavy atom. The highest BCUT2D eigenvalue weighted by molar-refractivity contribution is 4.83. The zero-order chi connectivity index (χ0) is 14.5. The van der Waals surface area contributed by atoms with Gasteiger partial charge in [0.15, 0.2) is 0 Å². The normalized spacial score (nSPS) is 27.0. The molecule has 0 aromatic carbocycles. The number of quaternary nitrogens is 1. The molecule has 0 N–H and O–H groups in total. The van der Waals surface area contributed by atoms with Crippen molar-refractivity contribution in [2.45, 2.75) is 89.1 Å². The number of hydrogen-bond donors (Lipinski definition) is 0. The van der Waals surface area contributed by atoms with E-state index in [1.54, 1.807) is 0 Å². The summed E-state index contributed by atoms with van der Waals surface area (Å²) in [6.45, 7) is 5.66. The molecule has 0 bridgehead atoms. The molecule has 2 nitrogen and oxygen atoms in total. The molecule has 2 aliphatic carbocycles. The van der Waals surface area contributed by atoms with E-state index in [9.17, 15) is 0 Å². The minimum absolute atomic E-state index is 0. The van der Waals surface area contributed by atoms with Crippen molar-refractivity contribution in [3.63, 3.8) is 0 Å². The summed E-state index contributed by atoms with van der Waals surface area (Å²) in [4.78, 5) is 3.00. The Labute approximate surface area is 149 Å². The molecule has 22 heavy (non-hydrogen) atoms. The van der Waals surface area contributed by atoms with Crippen LogP contribution in [0.1, 0.15) is 77.0 Å². The maximum absolute atomic E-state index is 3.00. The van der Waals surface area contributed by atoms with E-state index in [1.807, 2.05) is 0 Å². The number of halogens is 1. The van der Waals surface area contributed by atoms with Gasteiger partial charge in [0, 0.05) is 31.5 Å². The van der Waals surface area contributed by atoms with Crippen LogP contribution in [0.25, 0.3) is 0 Å². The molecule has 3 aliphatic rings. The van der Waals surface area contributed by atoms with Gasteiger partial charge < -0.3 is 21.5 Å². The van der Waals surface area contributed by atoms with Crippen molar-refractivity contribution in [3.8, 4) is 0 Å². The van der Waals surface area contributed by atoms with E-state index in [2.05, 4.69) is 11.9 Å². The average molecular weight is 373 g/mol. The van der Waals surface area contributed by atoms with Gasteiger partial charge in [-0.25, -0.2) is 0 Å². The lowest BCUT2D eigenvalue weighted by molar-refractivity contribution is -0.897. The molecule has 1 saturated heterocycles. The van der Waals surface area contributed by atoms with Gasteiger partial charge in [0.2, 0.25) is 0 Å². The van der Waals surface area contributed by atoms with Crippen LogP contribution in [0.15, 0.2) is 0 Å². The molecule has 0 aromatic heterocycles. The van der Waals surface area contributed by atoms with Crippen LogP contribution in [-0.4, -0.2) is 54.7 Å². The Morgan fingerprint density at radius 3 is 1.64 bits per heavy atom. The summed E-state index contributed by atoms with van der Waals surface area (Å²) in [5.41, 5.74) is 0. The third kappa shape index (κ3) is 4.95. The fourth-order valence-corrected chi connectivity index (χ4v) is 5.17. The van der Waals surface area contributed by atoms with Crippen LogP contribution in [0.5, 0.6) is 0 Å². The molecule has 3 fully saturated rings. The molecule has 2 saturated carbocycles. The molecule has 130 valence electrons. The summed E-state index contributed by atoms with van der Waals surface area (Å²) < 4.78 is 1.36. The van der Waals surface area contributed by atoms with Gasteiger partial charge in [0.25, 0.3) is 0 Å². The SMILES string of the molecule is C[N+]1(CCN(C2CCCCC2)C2CCCCC2)CCCC1.[Br-]. The zero-order valence-corrected chi connectivity index (χ0v) is 16.3. The van der Waals surface area contributed by atoms with Gasteiger partial charge in [-0.1, -0.05) is 38.5 Å². The van der Waals surface area contributed by atoms with Crippen LogP contribution in [0.3, 0.4) is 0 Å². The second kappa shape index (κ2) is 9.03. The number of likely N-dealkylation sites (tertiary alicyclic amines) is 1. The van der Waals surface area contributed by atoms with E-state index >= 15 is 0 Å². The topological polar surface area (TPSA) is 3.24 Å². The monoisotopic (exact) mass is 372 g/mol. The van der Waals surface area contributed by atoms with E-state index in [-0.39, 0.29) is 17.0 Å². The zero-order valence-electron chi connectivity index (χ0n) is 14.7. The van der Waals surface area contributed by atoms with Crippen LogP contribution in [0, 0.1) is 0 Å². The van der Waals surface area contributed by atoms with Crippen LogP contribution in [0.4, 0.5) is 0 Å². The number of hydrogen-bond acceptors (Lipinski definition) is 1. The van der Waals surface area contributed by atoms with E-state index in [0.29, 0.717) is 0 Å². The van der Waals surface area contributed by atoms with Crippen molar-refractivity contribution in [3.05, 3.63) is 0 Å². The van der Waals surface area contributed by atoms with E-state index in [1.165, 1.54) is 108 Å². The molecule has 1 heterocycles. The molecule has 0 unspecified atom stereocenters. The first-order chi connectivity index (χ1) is 10.3. The lowest BCUT2D eigenvalue weighted by Crippen LogP contribution is -3.00. The molecular weight excluding hydrogens is 336 g/mol. The highest BCUT2D eigenvalue weighted by atomic mass is 79.9. The predicted octanol–water partition coefficient (Wildman–Crippen LogP) is 1.20. The lowest BCUT2D eigenvalue weighted by atomic mass is 9.88. The Morgan fingerprint density at radius 2 is 1.18 bits per heavy atom. The highest BCUT2D eigenvalue weighted by Gasteiger charge is 2.32. The fraction of sp³-hybridized carbons (Fsp3) is 1.00. The number of nitrogens with zero attached hydrogens (tertiary/aromatic N) is 2. The predicted molar refractivity (Wildman–Crippen MR) is 90.5 cm³/mol. The van der Waals surface area contributed by atoms with E-state index in [0.717, 1.165) is 12.1 Å². The molecule has 0 amide bonds. The first kappa shape index (κ1) is 18.7. The number of likely N-dealkylation sites (N-methyl/N-ethyl adjacent to an activating group) is 1. The van der Waals surface area contributed by atoms with E-state index < -0.39 is 0 Å².